The summed E-state index contributed by atoms with van der Waals surface area (Å²) in [5.74, 6) is -0.960. The van der Waals surface area contributed by atoms with Crippen LogP contribution in [0.1, 0.15) is 258 Å². The van der Waals surface area contributed by atoms with Gasteiger partial charge in [0.05, 0.1) is 0 Å². The minimum atomic E-state index is -0.811. The highest BCUT2D eigenvalue weighted by Crippen LogP contribution is 2.15. The average Bonchev–Trinajstić information content (AvgIpc) is 3.40. The van der Waals surface area contributed by atoms with E-state index in [2.05, 4.69) is 154 Å². The number of allylic oxidation sites excluding steroid dienone is 22. The smallest absolute Gasteiger partial charge is 0.306 e. The van der Waals surface area contributed by atoms with Crippen molar-refractivity contribution in [2.45, 2.75) is 264 Å². The predicted octanol–water partition coefficient (Wildman–Crippen LogP) is 20.6. The van der Waals surface area contributed by atoms with Crippen LogP contribution in [0.25, 0.3) is 0 Å². The monoisotopic (exact) mass is 1020 g/mol. The molecule has 0 amide bonds. The molecule has 0 aromatic rings. The van der Waals surface area contributed by atoms with Crippen LogP contribution in [-0.2, 0) is 28.6 Å². The van der Waals surface area contributed by atoms with E-state index in [0.29, 0.717) is 12.8 Å². The van der Waals surface area contributed by atoms with Crippen molar-refractivity contribution >= 4 is 17.9 Å². The molecule has 0 aromatic heterocycles. The fraction of sp³-hybridized carbons (Fsp3) is 0.632. The van der Waals surface area contributed by atoms with E-state index >= 15 is 0 Å². The molecule has 0 heterocycles. The van der Waals surface area contributed by atoms with Gasteiger partial charge in [-0.1, -0.05) is 257 Å². The summed E-state index contributed by atoms with van der Waals surface area (Å²) in [4.78, 5) is 38.2. The first-order chi connectivity index (χ1) is 36.5. The van der Waals surface area contributed by atoms with E-state index in [1.54, 1.807) is 0 Å². The molecular weight excluding hydrogens is 913 g/mol. The van der Waals surface area contributed by atoms with Crippen LogP contribution in [0.15, 0.2) is 134 Å². The number of ether oxygens (including phenoxy) is 3. The lowest BCUT2D eigenvalue weighted by Gasteiger charge is -2.18. The number of carbonyl (C=O) groups excluding carboxylic acids is 3. The number of hydrogen-bond donors (Lipinski definition) is 0. The van der Waals surface area contributed by atoms with Crippen molar-refractivity contribution in [3.63, 3.8) is 0 Å². The summed E-state index contributed by atoms with van der Waals surface area (Å²) in [5.41, 5.74) is 0. The van der Waals surface area contributed by atoms with Crippen LogP contribution >= 0.6 is 0 Å². The van der Waals surface area contributed by atoms with Crippen molar-refractivity contribution < 1.29 is 28.6 Å². The molecule has 0 aliphatic carbocycles. The molecule has 0 aliphatic heterocycles. The van der Waals surface area contributed by atoms with Crippen LogP contribution in [0.4, 0.5) is 0 Å². The lowest BCUT2D eigenvalue weighted by molar-refractivity contribution is -0.167. The van der Waals surface area contributed by atoms with Crippen LogP contribution in [0, 0.1) is 0 Å². The number of rotatable bonds is 53. The second kappa shape index (κ2) is 61.1. The molecule has 0 saturated heterocycles. The number of carbonyl (C=O) groups is 3. The van der Waals surface area contributed by atoms with Crippen molar-refractivity contribution in [1.82, 2.24) is 0 Å². The maximum absolute atomic E-state index is 12.9. The molecule has 74 heavy (non-hydrogen) atoms. The van der Waals surface area contributed by atoms with Crippen LogP contribution in [0.5, 0.6) is 0 Å². The van der Waals surface area contributed by atoms with E-state index < -0.39 is 6.10 Å². The third-order valence-corrected chi connectivity index (χ3v) is 12.4. The van der Waals surface area contributed by atoms with Gasteiger partial charge in [-0.25, -0.2) is 0 Å². The van der Waals surface area contributed by atoms with E-state index in [1.807, 2.05) is 0 Å². The zero-order chi connectivity index (χ0) is 53.6. The lowest BCUT2D eigenvalue weighted by Crippen LogP contribution is -2.30. The fourth-order valence-corrected chi connectivity index (χ4v) is 7.94. The van der Waals surface area contributed by atoms with Crippen molar-refractivity contribution in [1.29, 1.82) is 0 Å². The second-order valence-corrected chi connectivity index (χ2v) is 19.5. The van der Waals surface area contributed by atoms with Gasteiger partial charge in [-0.2, -0.15) is 0 Å². The molecule has 0 saturated carbocycles. The zero-order valence-corrected chi connectivity index (χ0v) is 47.8. The normalized spacial score (nSPS) is 13.1. The van der Waals surface area contributed by atoms with E-state index in [4.69, 9.17) is 14.2 Å². The fourth-order valence-electron chi connectivity index (χ4n) is 7.94. The molecule has 1 unspecified atom stereocenters. The summed E-state index contributed by atoms with van der Waals surface area (Å²) in [6, 6.07) is 0. The molecule has 0 aliphatic rings. The largest absolute Gasteiger partial charge is 0.462 e. The highest BCUT2D eigenvalue weighted by atomic mass is 16.6. The Kier molecular flexibility index (Phi) is 57.4. The SMILES string of the molecule is CC/C=C\C/C=C\C/C=C\C/C=C\C/C=C\C/C=C\CCCCCCC(=O)OCC(COC(=O)CCCCCCCCCCCCCCCC)OC(=O)CCCCC/C=C\C/C=C\C/C=C\C/C=C\C/C=C\CC. The maximum Gasteiger partial charge on any atom is 0.306 e. The molecule has 6 nitrogen and oxygen atoms in total. The molecule has 0 radical (unpaired) electrons. The third-order valence-electron chi connectivity index (χ3n) is 12.4. The highest BCUT2D eigenvalue weighted by molar-refractivity contribution is 5.71. The summed E-state index contributed by atoms with van der Waals surface area (Å²) in [5, 5.41) is 0. The van der Waals surface area contributed by atoms with Crippen molar-refractivity contribution in [3.8, 4) is 0 Å². The summed E-state index contributed by atoms with van der Waals surface area (Å²) in [7, 11) is 0. The predicted molar refractivity (Wildman–Crippen MR) is 320 cm³/mol. The van der Waals surface area contributed by atoms with E-state index in [0.717, 1.165) is 148 Å². The number of unbranched alkanes of at least 4 members (excludes halogenated alkanes) is 20. The zero-order valence-electron chi connectivity index (χ0n) is 47.8. The molecule has 0 aromatic carbocycles. The van der Waals surface area contributed by atoms with Gasteiger partial charge in [0.1, 0.15) is 13.2 Å². The summed E-state index contributed by atoms with van der Waals surface area (Å²) in [6.45, 7) is 6.37. The van der Waals surface area contributed by atoms with Gasteiger partial charge in [0.2, 0.25) is 0 Å². The molecule has 6 heteroatoms. The van der Waals surface area contributed by atoms with Crippen LogP contribution in [0.3, 0.4) is 0 Å². The van der Waals surface area contributed by atoms with Crippen LogP contribution in [0.2, 0.25) is 0 Å². The van der Waals surface area contributed by atoms with E-state index in [1.165, 1.54) is 70.6 Å². The third kappa shape index (κ3) is 58.4. The van der Waals surface area contributed by atoms with Gasteiger partial charge >= 0.3 is 17.9 Å². The topological polar surface area (TPSA) is 78.9 Å². The molecule has 1 atom stereocenters. The first kappa shape index (κ1) is 69.5. The Morgan fingerprint density at radius 2 is 0.527 bits per heavy atom. The van der Waals surface area contributed by atoms with Gasteiger partial charge in [0, 0.05) is 19.3 Å². The van der Waals surface area contributed by atoms with Crippen molar-refractivity contribution in [3.05, 3.63) is 134 Å². The quantitative estimate of drug-likeness (QED) is 0.0261. The van der Waals surface area contributed by atoms with Gasteiger partial charge in [-0.15, -0.1) is 0 Å². The Labute approximate surface area is 455 Å². The number of esters is 3. The molecule has 0 spiro atoms. The summed E-state index contributed by atoms with van der Waals surface area (Å²) >= 11 is 0. The minimum Gasteiger partial charge on any atom is -0.462 e. The first-order valence-electron chi connectivity index (χ1n) is 30.2. The maximum atomic E-state index is 12.9. The standard InChI is InChI=1S/C68H110O6/c1-4-7-10-13-16-19-22-25-28-30-32-33-34-35-37-38-40-43-46-49-52-55-58-61-67(70)73-64-65(63-72-66(69)60-57-54-51-48-45-42-27-24-21-18-15-12-9-6-3)74-68(71)62-59-56-53-50-47-44-41-39-36-31-29-26-23-20-17-14-11-8-5-2/h7-8,10-11,16-17,19-20,25-26,28-29,32-33,35-37,39-40,43-44,47,65H,4-6,9,12-15,18,21-24,27,30-31,34,38,41-42,45-46,48-64H2,1-3H3/b10-7-,11-8-,19-16-,20-17-,28-25-,29-26-,33-32-,37-35-,39-36-,43-40-,47-44-. The Morgan fingerprint density at radius 3 is 0.838 bits per heavy atom. The van der Waals surface area contributed by atoms with E-state index in [-0.39, 0.29) is 37.5 Å². The average molecular weight is 1020 g/mol. The van der Waals surface area contributed by atoms with Crippen LogP contribution < -0.4 is 0 Å². The van der Waals surface area contributed by atoms with Gasteiger partial charge in [-0.3, -0.25) is 14.4 Å². The summed E-state index contributed by atoms with van der Waals surface area (Å²) < 4.78 is 16.9. The van der Waals surface area contributed by atoms with Gasteiger partial charge in [0.25, 0.3) is 0 Å². The molecule has 418 valence electrons. The molecule has 0 bridgehead atoms. The second-order valence-electron chi connectivity index (χ2n) is 19.5. The Hall–Kier alpha value is -4.45. The van der Waals surface area contributed by atoms with Crippen molar-refractivity contribution in [2.75, 3.05) is 13.2 Å². The van der Waals surface area contributed by atoms with Gasteiger partial charge in [-0.05, 0) is 116 Å². The van der Waals surface area contributed by atoms with Gasteiger partial charge in [0.15, 0.2) is 6.10 Å². The molecule has 0 N–H and O–H groups in total. The summed E-state index contributed by atoms with van der Waals surface area (Å²) in [6.07, 6.45) is 85.8. The first-order valence-corrected chi connectivity index (χ1v) is 30.2. The number of hydrogen-bond acceptors (Lipinski definition) is 6. The Balaban J connectivity index is 4.50. The molecular formula is C68H110O6. The van der Waals surface area contributed by atoms with E-state index in [9.17, 15) is 14.4 Å². The lowest BCUT2D eigenvalue weighted by atomic mass is 10.0. The molecule has 0 fully saturated rings. The molecule has 0 rings (SSSR count). The minimum absolute atomic E-state index is 0.102. The van der Waals surface area contributed by atoms with Crippen molar-refractivity contribution in [2.24, 2.45) is 0 Å². The Morgan fingerprint density at radius 1 is 0.284 bits per heavy atom. The van der Waals surface area contributed by atoms with Gasteiger partial charge < -0.3 is 14.2 Å². The van der Waals surface area contributed by atoms with Crippen LogP contribution in [-0.4, -0.2) is 37.2 Å². The highest BCUT2D eigenvalue weighted by Gasteiger charge is 2.19. The Bertz CT molecular complexity index is 1600.